The van der Waals surface area contributed by atoms with Crippen molar-refractivity contribution in [1.82, 2.24) is 15.0 Å². The average Bonchev–Trinajstić information content (AvgIpc) is 2.44. The molecule has 0 aliphatic heterocycles. The van der Waals surface area contributed by atoms with Crippen molar-refractivity contribution in [3.05, 3.63) is 40.7 Å². The fraction of sp³-hybridized carbons (Fsp3) is 0.167. The first-order valence-electron chi connectivity index (χ1n) is 5.40. The molecule has 0 radical (unpaired) electrons. The predicted molar refractivity (Wildman–Crippen MR) is 69.9 cm³/mol. The lowest BCUT2D eigenvalue weighted by atomic mass is 10.1. The molecule has 0 aliphatic carbocycles. The Bertz CT molecular complexity index is 626. The Labute approximate surface area is 115 Å². The van der Waals surface area contributed by atoms with Gasteiger partial charge in [0, 0.05) is 6.54 Å². The smallest absolute Gasteiger partial charge is 0.322 e. The van der Waals surface area contributed by atoms with E-state index in [1.807, 2.05) is 12.1 Å². The number of nitrogens with one attached hydrogen (secondary N) is 1. The van der Waals surface area contributed by atoms with Crippen molar-refractivity contribution < 1.29 is 4.74 Å². The summed E-state index contributed by atoms with van der Waals surface area (Å²) in [7, 11) is 1.45. The van der Waals surface area contributed by atoms with Crippen molar-refractivity contribution >= 4 is 17.5 Å². The second-order valence-electron chi connectivity index (χ2n) is 3.58. The summed E-state index contributed by atoms with van der Waals surface area (Å²) in [4.78, 5) is 11.7. The maximum absolute atomic E-state index is 8.81. The van der Waals surface area contributed by atoms with Gasteiger partial charge >= 0.3 is 6.01 Å². The SMILES string of the molecule is COc1nc(Cl)nc(NCc2cccc(C#N)c2)n1. The summed E-state index contributed by atoms with van der Waals surface area (Å²) >= 11 is 5.73. The topological polar surface area (TPSA) is 83.7 Å². The molecule has 1 aromatic carbocycles. The van der Waals surface area contributed by atoms with Gasteiger partial charge in [-0.3, -0.25) is 0 Å². The number of nitriles is 1. The van der Waals surface area contributed by atoms with Crippen LogP contribution >= 0.6 is 11.6 Å². The van der Waals surface area contributed by atoms with Gasteiger partial charge in [-0.1, -0.05) is 12.1 Å². The van der Waals surface area contributed by atoms with Crippen LogP contribution in [0.15, 0.2) is 24.3 Å². The highest BCUT2D eigenvalue weighted by molar-refractivity contribution is 6.28. The molecule has 0 fully saturated rings. The number of nitrogens with zero attached hydrogens (tertiary/aromatic N) is 4. The number of aromatic nitrogens is 3. The van der Waals surface area contributed by atoms with Crippen LogP contribution in [0, 0.1) is 11.3 Å². The molecule has 2 aromatic rings. The Morgan fingerprint density at radius 2 is 2.21 bits per heavy atom. The minimum Gasteiger partial charge on any atom is -0.467 e. The van der Waals surface area contributed by atoms with Gasteiger partial charge in [0.2, 0.25) is 11.2 Å². The zero-order valence-electron chi connectivity index (χ0n) is 10.1. The van der Waals surface area contributed by atoms with E-state index in [1.165, 1.54) is 7.11 Å². The van der Waals surface area contributed by atoms with Gasteiger partial charge < -0.3 is 10.1 Å². The van der Waals surface area contributed by atoms with Crippen LogP contribution in [-0.2, 0) is 6.54 Å². The Balaban J connectivity index is 2.10. The van der Waals surface area contributed by atoms with E-state index in [4.69, 9.17) is 21.6 Å². The first-order valence-corrected chi connectivity index (χ1v) is 5.77. The van der Waals surface area contributed by atoms with E-state index < -0.39 is 0 Å². The molecule has 0 atom stereocenters. The standard InChI is InChI=1S/C12H10ClN5O/c1-19-12-17-10(13)16-11(18-12)15-7-9-4-2-3-8(5-9)6-14/h2-5H,7H2,1H3,(H,15,16,17,18). The van der Waals surface area contributed by atoms with E-state index >= 15 is 0 Å². The molecule has 1 aromatic heterocycles. The molecule has 0 spiro atoms. The third kappa shape index (κ3) is 3.53. The fourth-order valence-electron chi connectivity index (χ4n) is 1.43. The molecule has 1 heterocycles. The average molecular weight is 276 g/mol. The van der Waals surface area contributed by atoms with Crippen molar-refractivity contribution in [1.29, 1.82) is 5.26 Å². The minimum absolute atomic E-state index is 0.0557. The molecule has 96 valence electrons. The number of anilines is 1. The monoisotopic (exact) mass is 275 g/mol. The fourth-order valence-corrected chi connectivity index (χ4v) is 1.59. The number of methoxy groups -OCH3 is 1. The van der Waals surface area contributed by atoms with Gasteiger partial charge in [0.15, 0.2) is 0 Å². The predicted octanol–water partition coefficient (Wildman–Crippen LogP) is 2.02. The van der Waals surface area contributed by atoms with E-state index in [9.17, 15) is 0 Å². The Morgan fingerprint density at radius 3 is 2.95 bits per heavy atom. The second kappa shape index (κ2) is 5.98. The quantitative estimate of drug-likeness (QED) is 0.919. The molecule has 0 unspecified atom stereocenters. The third-order valence-electron chi connectivity index (χ3n) is 2.28. The molecular weight excluding hydrogens is 266 g/mol. The van der Waals surface area contributed by atoms with Crippen molar-refractivity contribution in [2.24, 2.45) is 0 Å². The van der Waals surface area contributed by atoms with Gasteiger partial charge in [-0.05, 0) is 29.3 Å². The molecule has 0 saturated heterocycles. The number of benzene rings is 1. The summed E-state index contributed by atoms with van der Waals surface area (Å²) in [6.07, 6.45) is 0. The number of hydrogen-bond donors (Lipinski definition) is 1. The van der Waals surface area contributed by atoms with E-state index in [1.54, 1.807) is 12.1 Å². The second-order valence-corrected chi connectivity index (χ2v) is 3.92. The lowest BCUT2D eigenvalue weighted by molar-refractivity contribution is 0.379. The van der Waals surface area contributed by atoms with Gasteiger partial charge in [-0.2, -0.15) is 20.2 Å². The van der Waals surface area contributed by atoms with Crippen molar-refractivity contribution in [2.75, 3.05) is 12.4 Å². The maximum Gasteiger partial charge on any atom is 0.322 e. The van der Waals surface area contributed by atoms with Crippen LogP contribution in [0.5, 0.6) is 6.01 Å². The normalized spacial score (nSPS) is 9.74. The van der Waals surface area contributed by atoms with Crippen LogP contribution in [0.2, 0.25) is 5.28 Å². The first-order chi connectivity index (χ1) is 9.21. The summed E-state index contributed by atoms with van der Waals surface area (Å²) < 4.78 is 4.89. The van der Waals surface area contributed by atoms with E-state index in [0.717, 1.165) is 5.56 Å². The van der Waals surface area contributed by atoms with E-state index in [-0.39, 0.29) is 11.3 Å². The maximum atomic E-state index is 8.81. The van der Waals surface area contributed by atoms with Gasteiger partial charge in [0.25, 0.3) is 0 Å². The highest BCUT2D eigenvalue weighted by atomic mass is 35.5. The van der Waals surface area contributed by atoms with Crippen LogP contribution in [0.25, 0.3) is 0 Å². The van der Waals surface area contributed by atoms with Gasteiger partial charge in [-0.15, -0.1) is 0 Å². The van der Waals surface area contributed by atoms with Crippen molar-refractivity contribution in [3.63, 3.8) is 0 Å². The molecule has 0 aliphatic rings. The number of hydrogen-bond acceptors (Lipinski definition) is 6. The van der Waals surface area contributed by atoms with Crippen molar-refractivity contribution in [3.8, 4) is 12.1 Å². The summed E-state index contributed by atoms with van der Waals surface area (Å²) in [5.74, 6) is 0.319. The van der Waals surface area contributed by atoms with Crippen molar-refractivity contribution in [2.45, 2.75) is 6.54 Å². The summed E-state index contributed by atoms with van der Waals surface area (Å²) in [5.41, 5.74) is 1.54. The number of ether oxygens (including phenoxy) is 1. The lowest BCUT2D eigenvalue weighted by Crippen LogP contribution is -2.06. The Kier molecular flexibility index (Phi) is 4.11. The van der Waals surface area contributed by atoms with Crippen LogP contribution in [0.4, 0.5) is 5.95 Å². The molecule has 7 heteroatoms. The molecular formula is C12H10ClN5O. The number of halogens is 1. The molecule has 1 N–H and O–H groups in total. The highest BCUT2D eigenvalue weighted by Gasteiger charge is 2.04. The van der Waals surface area contributed by atoms with Gasteiger partial charge in [0.05, 0.1) is 18.7 Å². The third-order valence-corrected chi connectivity index (χ3v) is 2.45. The molecule has 6 nitrogen and oxygen atoms in total. The van der Waals surface area contributed by atoms with Crippen LogP contribution in [0.1, 0.15) is 11.1 Å². The zero-order valence-corrected chi connectivity index (χ0v) is 10.8. The summed E-state index contributed by atoms with van der Waals surface area (Å²) in [6.45, 7) is 0.471. The van der Waals surface area contributed by atoms with Crippen LogP contribution < -0.4 is 10.1 Å². The highest BCUT2D eigenvalue weighted by Crippen LogP contribution is 2.12. The number of rotatable bonds is 4. The minimum atomic E-state index is 0.0557. The van der Waals surface area contributed by atoms with Crippen LogP contribution in [-0.4, -0.2) is 22.1 Å². The van der Waals surface area contributed by atoms with Gasteiger partial charge in [0.1, 0.15) is 0 Å². The molecule has 0 saturated carbocycles. The molecule has 0 amide bonds. The largest absolute Gasteiger partial charge is 0.467 e. The lowest BCUT2D eigenvalue weighted by Gasteiger charge is -2.06. The molecule has 0 bridgehead atoms. The first kappa shape index (κ1) is 13.1. The molecule has 19 heavy (non-hydrogen) atoms. The Hall–Kier alpha value is -2.39. The van der Waals surface area contributed by atoms with Crippen LogP contribution in [0.3, 0.4) is 0 Å². The Morgan fingerprint density at radius 1 is 1.37 bits per heavy atom. The summed E-state index contributed by atoms with van der Waals surface area (Å²) in [6, 6.07) is 9.47. The molecule has 2 rings (SSSR count). The van der Waals surface area contributed by atoms with E-state index in [0.29, 0.717) is 18.1 Å². The summed E-state index contributed by atoms with van der Waals surface area (Å²) in [5, 5.41) is 11.9. The van der Waals surface area contributed by atoms with Gasteiger partial charge in [-0.25, -0.2) is 0 Å². The zero-order chi connectivity index (χ0) is 13.7. The van der Waals surface area contributed by atoms with E-state index in [2.05, 4.69) is 26.3 Å².